The van der Waals surface area contributed by atoms with Crippen LogP contribution in [0.5, 0.6) is 5.88 Å². The molecule has 2 amide bonds. The number of rotatable bonds is 6. The summed E-state index contributed by atoms with van der Waals surface area (Å²) in [5, 5.41) is 5.18. The SMILES string of the molecule is CCC1c2ccsc2CCN1C(=O)NCc1ccc(OCC2CC2)nc1. The van der Waals surface area contributed by atoms with Gasteiger partial charge in [-0.1, -0.05) is 13.0 Å². The molecule has 0 aromatic carbocycles. The molecule has 1 atom stereocenters. The fourth-order valence-electron chi connectivity index (χ4n) is 3.45. The Morgan fingerprint density at radius 1 is 1.38 bits per heavy atom. The van der Waals surface area contributed by atoms with Crippen LogP contribution in [0.25, 0.3) is 0 Å². The highest BCUT2D eigenvalue weighted by Gasteiger charge is 2.30. The molecule has 5 nitrogen and oxygen atoms in total. The Labute approximate surface area is 158 Å². The molecular weight excluding hydrogens is 346 g/mol. The van der Waals surface area contributed by atoms with Crippen molar-refractivity contribution in [3.8, 4) is 5.88 Å². The van der Waals surface area contributed by atoms with Gasteiger partial charge in [-0.15, -0.1) is 11.3 Å². The third-order valence-corrected chi connectivity index (χ3v) is 6.14. The average molecular weight is 372 g/mol. The lowest BCUT2D eigenvalue weighted by Gasteiger charge is -2.35. The van der Waals surface area contributed by atoms with Crippen molar-refractivity contribution in [2.75, 3.05) is 13.2 Å². The van der Waals surface area contributed by atoms with Gasteiger partial charge in [-0.05, 0) is 54.2 Å². The smallest absolute Gasteiger partial charge is 0.318 e. The van der Waals surface area contributed by atoms with Crippen molar-refractivity contribution < 1.29 is 9.53 Å². The number of carbonyl (C=O) groups is 1. The van der Waals surface area contributed by atoms with Crippen LogP contribution in [0.1, 0.15) is 48.2 Å². The van der Waals surface area contributed by atoms with Gasteiger partial charge in [0.05, 0.1) is 12.6 Å². The van der Waals surface area contributed by atoms with E-state index in [0.29, 0.717) is 12.4 Å². The van der Waals surface area contributed by atoms with E-state index in [1.807, 2.05) is 17.0 Å². The third kappa shape index (κ3) is 3.85. The van der Waals surface area contributed by atoms with Crippen LogP contribution in [0.4, 0.5) is 4.79 Å². The van der Waals surface area contributed by atoms with E-state index in [4.69, 9.17) is 4.74 Å². The fourth-order valence-corrected chi connectivity index (χ4v) is 4.38. The van der Waals surface area contributed by atoms with E-state index >= 15 is 0 Å². The first-order valence-electron chi connectivity index (χ1n) is 9.43. The lowest BCUT2D eigenvalue weighted by molar-refractivity contribution is 0.167. The molecule has 0 bridgehead atoms. The predicted octanol–water partition coefficient (Wildman–Crippen LogP) is 4.15. The van der Waals surface area contributed by atoms with Crippen LogP contribution >= 0.6 is 11.3 Å². The van der Waals surface area contributed by atoms with Crippen LogP contribution < -0.4 is 10.1 Å². The molecule has 4 rings (SSSR count). The third-order valence-electron chi connectivity index (χ3n) is 5.15. The van der Waals surface area contributed by atoms with Crippen molar-refractivity contribution in [1.29, 1.82) is 0 Å². The van der Waals surface area contributed by atoms with Gasteiger partial charge in [0.2, 0.25) is 5.88 Å². The van der Waals surface area contributed by atoms with E-state index in [1.54, 1.807) is 17.5 Å². The summed E-state index contributed by atoms with van der Waals surface area (Å²) in [5.41, 5.74) is 2.30. The van der Waals surface area contributed by atoms with Crippen LogP contribution in [0.3, 0.4) is 0 Å². The number of thiophene rings is 1. The maximum atomic E-state index is 12.7. The van der Waals surface area contributed by atoms with Crippen LogP contribution in [0.2, 0.25) is 0 Å². The van der Waals surface area contributed by atoms with Crippen molar-refractivity contribution >= 4 is 17.4 Å². The normalized spacial score (nSPS) is 19.1. The molecule has 1 saturated carbocycles. The second-order valence-corrected chi connectivity index (χ2v) is 8.08. The number of fused-ring (bicyclic) bond motifs is 1. The minimum absolute atomic E-state index is 0.00256. The quantitative estimate of drug-likeness (QED) is 0.830. The summed E-state index contributed by atoms with van der Waals surface area (Å²) in [4.78, 5) is 20.4. The lowest BCUT2D eigenvalue weighted by atomic mass is 9.98. The highest BCUT2D eigenvalue weighted by Crippen LogP contribution is 2.35. The molecule has 1 N–H and O–H groups in total. The van der Waals surface area contributed by atoms with Crippen LogP contribution in [-0.2, 0) is 13.0 Å². The Hall–Kier alpha value is -2.08. The molecule has 26 heavy (non-hydrogen) atoms. The summed E-state index contributed by atoms with van der Waals surface area (Å²) >= 11 is 1.80. The zero-order valence-electron chi connectivity index (χ0n) is 15.1. The van der Waals surface area contributed by atoms with E-state index in [1.165, 1.54) is 23.3 Å². The highest BCUT2D eigenvalue weighted by atomic mass is 32.1. The Morgan fingerprint density at radius 3 is 3.00 bits per heavy atom. The maximum Gasteiger partial charge on any atom is 0.318 e. The van der Waals surface area contributed by atoms with Crippen LogP contribution in [0.15, 0.2) is 29.8 Å². The standard InChI is InChI=1S/C20H25N3O2S/c1-2-17-16-8-10-26-18(16)7-9-23(17)20(24)22-12-15-5-6-19(21-11-15)25-13-14-3-4-14/h5-6,8,10-11,14,17H,2-4,7,9,12-13H2,1H3,(H,22,24). The maximum absolute atomic E-state index is 12.7. The monoisotopic (exact) mass is 371 g/mol. The second kappa shape index (κ2) is 7.66. The van der Waals surface area contributed by atoms with Crippen molar-refractivity contribution in [3.63, 3.8) is 0 Å². The zero-order valence-corrected chi connectivity index (χ0v) is 15.9. The molecule has 1 unspecified atom stereocenters. The van der Waals surface area contributed by atoms with Crippen molar-refractivity contribution in [3.05, 3.63) is 45.8 Å². The lowest BCUT2D eigenvalue weighted by Crippen LogP contribution is -2.44. The highest BCUT2D eigenvalue weighted by molar-refractivity contribution is 7.10. The number of nitrogens with zero attached hydrogens (tertiary/aromatic N) is 2. The van der Waals surface area contributed by atoms with Gasteiger partial charge in [0, 0.05) is 30.2 Å². The molecular formula is C20H25N3O2S. The van der Waals surface area contributed by atoms with E-state index in [0.717, 1.165) is 37.5 Å². The fraction of sp³-hybridized carbons (Fsp3) is 0.500. The van der Waals surface area contributed by atoms with E-state index in [-0.39, 0.29) is 12.1 Å². The minimum atomic E-state index is 0.00256. The van der Waals surface area contributed by atoms with Crippen molar-refractivity contribution in [1.82, 2.24) is 15.2 Å². The summed E-state index contributed by atoms with van der Waals surface area (Å²) in [6.45, 7) is 4.17. The first-order valence-corrected chi connectivity index (χ1v) is 10.3. The number of hydrogen-bond donors (Lipinski definition) is 1. The van der Waals surface area contributed by atoms with Gasteiger partial charge in [-0.2, -0.15) is 0 Å². The summed E-state index contributed by atoms with van der Waals surface area (Å²) in [6.07, 6.45) is 6.21. The Morgan fingerprint density at radius 2 is 2.27 bits per heavy atom. The van der Waals surface area contributed by atoms with E-state index in [2.05, 4.69) is 28.7 Å². The first-order chi connectivity index (χ1) is 12.7. The van der Waals surface area contributed by atoms with Gasteiger partial charge in [-0.25, -0.2) is 9.78 Å². The van der Waals surface area contributed by atoms with Crippen molar-refractivity contribution in [2.24, 2.45) is 5.92 Å². The number of pyridine rings is 1. The summed E-state index contributed by atoms with van der Waals surface area (Å²) in [6, 6.07) is 6.21. The Kier molecular flexibility index (Phi) is 5.11. The number of urea groups is 1. The van der Waals surface area contributed by atoms with Gasteiger partial charge < -0.3 is 15.0 Å². The number of hydrogen-bond acceptors (Lipinski definition) is 4. The topological polar surface area (TPSA) is 54.5 Å². The van der Waals surface area contributed by atoms with Gasteiger partial charge in [-0.3, -0.25) is 0 Å². The van der Waals surface area contributed by atoms with E-state index in [9.17, 15) is 4.79 Å². The molecule has 2 aliphatic rings. The molecule has 1 aliphatic heterocycles. The molecule has 6 heteroatoms. The number of carbonyl (C=O) groups excluding carboxylic acids is 1. The molecule has 3 heterocycles. The number of nitrogens with one attached hydrogen (secondary N) is 1. The summed E-state index contributed by atoms with van der Waals surface area (Å²) < 4.78 is 5.65. The first kappa shape index (κ1) is 17.3. The van der Waals surface area contributed by atoms with Gasteiger partial charge >= 0.3 is 6.03 Å². The van der Waals surface area contributed by atoms with Crippen LogP contribution in [-0.4, -0.2) is 29.1 Å². The summed E-state index contributed by atoms with van der Waals surface area (Å²) in [5.74, 6) is 1.38. The van der Waals surface area contributed by atoms with Gasteiger partial charge in [0.1, 0.15) is 0 Å². The predicted molar refractivity (Wildman–Crippen MR) is 102 cm³/mol. The van der Waals surface area contributed by atoms with Gasteiger partial charge in [0.25, 0.3) is 0 Å². The largest absolute Gasteiger partial charge is 0.477 e. The molecule has 0 spiro atoms. The number of ether oxygens (including phenoxy) is 1. The molecule has 1 fully saturated rings. The van der Waals surface area contributed by atoms with E-state index < -0.39 is 0 Å². The Balaban J connectivity index is 1.31. The molecule has 0 saturated heterocycles. The zero-order chi connectivity index (χ0) is 17.9. The number of amides is 2. The van der Waals surface area contributed by atoms with Gasteiger partial charge in [0.15, 0.2) is 0 Å². The molecule has 1 aliphatic carbocycles. The minimum Gasteiger partial charge on any atom is -0.477 e. The molecule has 138 valence electrons. The van der Waals surface area contributed by atoms with Crippen LogP contribution in [0, 0.1) is 5.92 Å². The molecule has 2 aromatic rings. The summed E-state index contributed by atoms with van der Waals surface area (Å²) in [7, 11) is 0. The van der Waals surface area contributed by atoms with Crippen molar-refractivity contribution in [2.45, 2.75) is 45.2 Å². The Bertz CT molecular complexity index is 755. The number of aromatic nitrogens is 1. The second-order valence-electron chi connectivity index (χ2n) is 7.08. The average Bonchev–Trinajstić information content (AvgIpc) is 3.38. The molecule has 0 radical (unpaired) electrons. The molecule has 2 aromatic heterocycles.